The van der Waals surface area contributed by atoms with Crippen LogP contribution in [0.1, 0.15) is 29.6 Å². The third kappa shape index (κ3) is 4.91. The predicted octanol–water partition coefficient (Wildman–Crippen LogP) is 4.00. The van der Waals surface area contributed by atoms with Gasteiger partial charge in [0.1, 0.15) is 11.4 Å². The highest BCUT2D eigenvalue weighted by molar-refractivity contribution is 7.16. The third-order valence-electron chi connectivity index (χ3n) is 5.72. The van der Waals surface area contributed by atoms with Crippen LogP contribution in [0.5, 0.6) is 5.75 Å². The summed E-state index contributed by atoms with van der Waals surface area (Å²) in [6.07, 6.45) is 3.14. The molecule has 2 aromatic carbocycles. The second-order valence-electron chi connectivity index (χ2n) is 7.79. The van der Waals surface area contributed by atoms with E-state index < -0.39 is 10.8 Å². The molecule has 4 rings (SSSR count). The molecule has 1 aliphatic heterocycles. The van der Waals surface area contributed by atoms with Gasteiger partial charge in [0, 0.05) is 38.4 Å². The second kappa shape index (κ2) is 10.1. The van der Waals surface area contributed by atoms with Crippen LogP contribution in [0.25, 0.3) is 10.2 Å². The Morgan fingerprint density at radius 2 is 1.94 bits per heavy atom. The number of fused-ring (bicyclic) bond motifs is 1. The molecule has 1 aliphatic rings. The maximum atomic E-state index is 13.0. The fourth-order valence-corrected chi connectivity index (χ4v) is 5.10. The van der Waals surface area contributed by atoms with E-state index in [1.165, 1.54) is 17.4 Å². The number of carbonyl (C=O) groups is 1. The molecule has 0 saturated carbocycles. The van der Waals surface area contributed by atoms with Gasteiger partial charge in [-0.2, -0.15) is 4.99 Å². The quantitative estimate of drug-likeness (QED) is 0.382. The van der Waals surface area contributed by atoms with Crippen LogP contribution in [0.2, 0.25) is 0 Å². The zero-order chi connectivity index (χ0) is 23.4. The van der Waals surface area contributed by atoms with Gasteiger partial charge in [0.05, 0.1) is 28.9 Å². The number of rotatable bonds is 7. The number of thiazole rings is 1. The Bertz CT molecular complexity index is 1240. The predicted molar refractivity (Wildman–Crippen MR) is 127 cm³/mol. The van der Waals surface area contributed by atoms with Gasteiger partial charge < -0.3 is 18.9 Å². The highest BCUT2D eigenvalue weighted by Gasteiger charge is 2.23. The van der Waals surface area contributed by atoms with Gasteiger partial charge in [0.2, 0.25) is 0 Å². The average Bonchev–Trinajstić information content (AvgIpc) is 3.18. The zero-order valence-electron chi connectivity index (χ0n) is 18.7. The van der Waals surface area contributed by atoms with Crippen LogP contribution in [0.4, 0.5) is 11.4 Å². The molecule has 0 N–H and O–H groups in total. The fourth-order valence-electron chi connectivity index (χ4n) is 4.02. The smallest absolute Gasteiger partial charge is 0.293 e. The van der Waals surface area contributed by atoms with Crippen molar-refractivity contribution in [3.63, 3.8) is 0 Å². The van der Waals surface area contributed by atoms with Crippen molar-refractivity contribution in [2.75, 3.05) is 38.8 Å². The number of aromatic nitrogens is 1. The van der Waals surface area contributed by atoms with Gasteiger partial charge in [-0.3, -0.25) is 14.9 Å². The van der Waals surface area contributed by atoms with Crippen LogP contribution in [0.15, 0.2) is 41.4 Å². The number of methoxy groups -OCH3 is 2. The Hall–Kier alpha value is -3.24. The minimum atomic E-state index is -0.520. The van der Waals surface area contributed by atoms with Crippen molar-refractivity contribution in [1.29, 1.82) is 0 Å². The highest BCUT2D eigenvalue weighted by atomic mass is 32.1. The molecule has 0 unspecified atom stereocenters. The minimum absolute atomic E-state index is 0.0636. The maximum absolute atomic E-state index is 13.0. The monoisotopic (exact) mass is 470 g/mol. The largest absolute Gasteiger partial charge is 0.497 e. The first-order valence-electron chi connectivity index (χ1n) is 10.8. The Kier molecular flexibility index (Phi) is 7.05. The molecule has 2 heterocycles. The molecule has 1 saturated heterocycles. The van der Waals surface area contributed by atoms with E-state index in [1.807, 2.05) is 27.7 Å². The summed E-state index contributed by atoms with van der Waals surface area (Å²) in [6, 6.07) is 10.3. The van der Waals surface area contributed by atoms with Gasteiger partial charge in [-0.05, 0) is 49.6 Å². The molecule has 9 nitrogen and oxygen atoms in total. The van der Waals surface area contributed by atoms with Crippen molar-refractivity contribution in [2.24, 2.45) is 4.99 Å². The van der Waals surface area contributed by atoms with Crippen LogP contribution < -0.4 is 14.4 Å². The van der Waals surface area contributed by atoms with Gasteiger partial charge in [0.15, 0.2) is 4.80 Å². The first-order chi connectivity index (χ1) is 16.0. The second-order valence-corrected chi connectivity index (χ2v) is 8.80. The molecular weight excluding hydrogens is 444 g/mol. The lowest BCUT2D eigenvalue weighted by Gasteiger charge is -2.28. The first kappa shape index (κ1) is 22.9. The minimum Gasteiger partial charge on any atom is -0.497 e. The Morgan fingerprint density at radius 1 is 1.15 bits per heavy atom. The zero-order valence-corrected chi connectivity index (χ0v) is 19.5. The van der Waals surface area contributed by atoms with Gasteiger partial charge in [-0.15, -0.1) is 0 Å². The van der Waals surface area contributed by atoms with E-state index in [9.17, 15) is 14.9 Å². The number of hydrogen-bond acceptors (Lipinski definition) is 7. The SMILES string of the molecule is COCCn1c(=NC(=O)c2ccc(N3CCCCC3)c([N+](=O)[O-])c2)sc2cc(OC)ccc21. The molecule has 10 heteroatoms. The van der Waals surface area contributed by atoms with E-state index in [1.54, 1.807) is 26.4 Å². The summed E-state index contributed by atoms with van der Waals surface area (Å²) in [6.45, 7) is 2.53. The van der Waals surface area contributed by atoms with Gasteiger partial charge in [-0.25, -0.2) is 0 Å². The van der Waals surface area contributed by atoms with Gasteiger partial charge in [0.25, 0.3) is 11.6 Å². The van der Waals surface area contributed by atoms with Crippen molar-refractivity contribution >= 4 is 38.8 Å². The summed E-state index contributed by atoms with van der Waals surface area (Å²) in [5.74, 6) is 0.192. The number of nitro groups is 1. The van der Waals surface area contributed by atoms with Crippen molar-refractivity contribution in [3.05, 3.63) is 56.9 Å². The molecule has 0 radical (unpaired) electrons. The topological polar surface area (TPSA) is 99.2 Å². The number of piperidine rings is 1. The van der Waals surface area contributed by atoms with Crippen LogP contribution in [0, 0.1) is 10.1 Å². The molecule has 0 atom stereocenters. The Morgan fingerprint density at radius 3 is 2.64 bits per heavy atom. The lowest BCUT2D eigenvalue weighted by molar-refractivity contribution is -0.384. The van der Waals surface area contributed by atoms with Gasteiger partial charge >= 0.3 is 0 Å². The number of anilines is 1. The van der Waals surface area contributed by atoms with E-state index in [0.717, 1.165) is 42.6 Å². The number of benzene rings is 2. The summed E-state index contributed by atoms with van der Waals surface area (Å²) >= 11 is 1.36. The number of carbonyl (C=O) groups excluding carboxylic acids is 1. The number of nitro benzene ring substituents is 1. The lowest BCUT2D eigenvalue weighted by atomic mass is 10.1. The highest BCUT2D eigenvalue weighted by Crippen LogP contribution is 2.31. The first-order valence-corrected chi connectivity index (χ1v) is 11.6. The summed E-state index contributed by atoms with van der Waals surface area (Å²) in [5.41, 5.74) is 1.60. The van der Waals surface area contributed by atoms with Crippen molar-refractivity contribution in [2.45, 2.75) is 25.8 Å². The van der Waals surface area contributed by atoms with Crippen LogP contribution in [-0.4, -0.2) is 49.3 Å². The van der Waals surface area contributed by atoms with Crippen molar-refractivity contribution < 1.29 is 19.2 Å². The molecule has 33 heavy (non-hydrogen) atoms. The summed E-state index contributed by atoms with van der Waals surface area (Å²) < 4.78 is 13.4. The maximum Gasteiger partial charge on any atom is 0.293 e. The summed E-state index contributed by atoms with van der Waals surface area (Å²) in [7, 11) is 3.21. The molecule has 0 bridgehead atoms. The van der Waals surface area contributed by atoms with Crippen molar-refractivity contribution in [1.82, 2.24) is 4.57 Å². The molecule has 174 valence electrons. The molecule has 3 aromatic rings. The number of hydrogen-bond donors (Lipinski definition) is 0. The van der Waals surface area contributed by atoms with E-state index in [2.05, 4.69) is 4.99 Å². The van der Waals surface area contributed by atoms with Crippen LogP contribution in [-0.2, 0) is 11.3 Å². The number of nitrogens with zero attached hydrogens (tertiary/aromatic N) is 4. The number of ether oxygens (including phenoxy) is 2. The van der Waals surface area contributed by atoms with Crippen LogP contribution >= 0.6 is 11.3 Å². The molecular formula is C23H26N4O5S. The van der Waals surface area contributed by atoms with Crippen molar-refractivity contribution in [3.8, 4) is 5.75 Å². The summed E-state index contributed by atoms with van der Waals surface area (Å²) in [4.78, 5) is 31.2. The van der Waals surface area contributed by atoms with E-state index in [-0.39, 0.29) is 11.3 Å². The molecule has 1 fully saturated rings. The standard InChI is InChI=1S/C23H26N4O5S/c1-31-13-12-26-19-9-7-17(32-2)15-21(19)33-23(26)24-22(28)16-6-8-18(20(14-16)27(29)30)25-10-4-3-5-11-25/h6-9,14-15H,3-5,10-13H2,1-2H3. The Labute approximate surface area is 195 Å². The Balaban J connectivity index is 1.74. The molecule has 0 aliphatic carbocycles. The van der Waals surface area contributed by atoms with E-state index in [0.29, 0.717) is 29.4 Å². The molecule has 1 aromatic heterocycles. The molecule has 0 spiro atoms. The third-order valence-corrected chi connectivity index (χ3v) is 6.76. The van der Waals surface area contributed by atoms with E-state index >= 15 is 0 Å². The normalized spacial score (nSPS) is 14.6. The van der Waals surface area contributed by atoms with Crippen LogP contribution in [0.3, 0.4) is 0 Å². The summed E-state index contributed by atoms with van der Waals surface area (Å²) in [5, 5.41) is 11.8. The average molecular weight is 471 g/mol. The van der Waals surface area contributed by atoms with Gasteiger partial charge in [-0.1, -0.05) is 11.3 Å². The van der Waals surface area contributed by atoms with E-state index in [4.69, 9.17) is 9.47 Å². The number of amides is 1. The fraction of sp³-hybridized carbons (Fsp3) is 0.391. The lowest BCUT2D eigenvalue weighted by Crippen LogP contribution is -2.30. The molecule has 1 amide bonds.